The number of pyridine rings is 1. The van der Waals surface area contributed by atoms with Gasteiger partial charge < -0.3 is 10.2 Å². The first-order chi connectivity index (χ1) is 19.6. The molecular weight excluding hydrogens is 576 g/mol. The fourth-order valence-corrected chi connectivity index (χ4v) is 7.18. The number of hydrogen-bond donors (Lipinski definition) is 2. The van der Waals surface area contributed by atoms with Gasteiger partial charge in [0.25, 0.3) is 5.56 Å². The Balaban J connectivity index is 1.38. The largest absolute Gasteiger partial charge is 0.390 e. The summed E-state index contributed by atoms with van der Waals surface area (Å²) in [4.78, 5) is 25.1. The van der Waals surface area contributed by atoms with E-state index in [-0.39, 0.29) is 23.2 Å². The molecule has 5 rings (SSSR count). The van der Waals surface area contributed by atoms with Crippen molar-refractivity contribution in [3.05, 3.63) is 46.6 Å². The molecule has 0 atom stereocenters. The number of halogens is 4. The summed E-state index contributed by atoms with van der Waals surface area (Å²) in [5, 5.41) is 3.99. The molecular formula is C28H34F4N6O3S. The van der Waals surface area contributed by atoms with E-state index in [1.165, 1.54) is 10.6 Å². The first kappa shape index (κ1) is 30.2. The van der Waals surface area contributed by atoms with Crippen LogP contribution in [0, 0.1) is 11.2 Å². The molecule has 2 fully saturated rings. The average molecular weight is 611 g/mol. The molecule has 0 radical (unpaired) electrons. The van der Waals surface area contributed by atoms with Crippen LogP contribution in [0.15, 0.2) is 35.3 Å². The van der Waals surface area contributed by atoms with Crippen LogP contribution in [0.1, 0.15) is 52.0 Å². The number of hydrogen-bond acceptors (Lipinski definition) is 7. The average Bonchev–Trinajstić information content (AvgIpc) is 2.88. The summed E-state index contributed by atoms with van der Waals surface area (Å²) in [5.74, 6) is -1.83. The molecule has 2 N–H and O–H groups in total. The van der Waals surface area contributed by atoms with Crippen molar-refractivity contribution in [2.24, 2.45) is 5.41 Å². The van der Waals surface area contributed by atoms with Crippen LogP contribution in [0.5, 0.6) is 0 Å². The van der Waals surface area contributed by atoms with Crippen molar-refractivity contribution < 1.29 is 26.0 Å². The van der Waals surface area contributed by atoms with Gasteiger partial charge >= 0.3 is 6.18 Å². The minimum Gasteiger partial charge on any atom is -0.351 e. The molecule has 1 saturated carbocycles. The van der Waals surface area contributed by atoms with Crippen LogP contribution >= 0.6 is 0 Å². The Morgan fingerprint density at radius 1 is 1.14 bits per heavy atom. The molecule has 42 heavy (non-hydrogen) atoms. The van der Waals surface area contributed by atoms with Gasteiger partial charge in [-0.15, -0.1) is 0 Å². The van der Waals surface area contributed by atoms with Gasteiger partial charge in [-0.05, 0) is 75.8 Å². The lowest BCUT2D eigenvalue weighted by molar-refractivity contribution is -0.129. The number of nitrogens with one attached hydrogen (secondary N) is 2. The van der Waals surface area contributed by atoms with Crippen molar-refractivity contribution in [3.8, 4) is 11.1 Å². The van der Waals surface area contributed by atoms with Crippen LogP contribution in [-0.4, -0.2) is 66.0 Å². The molecule has 1 saturated heterocycles. The van der Waals surface area contributed by atoms with Crippen molar-refractivity contribution in [2.45, 2.75) is 64.2 Å². The van der Waals surface area contributed by atoms with Crippen LogP contribution in [0.4, 0.5) is 29.2 Å². The van der Waals surface area contributed by atoms with E-state index in [1.807, 2.05) is 18.6 Å². The Morgan fingerprint density at radius 2 is 1.83 bits per heavy atom. The molecule has 0 unspecified atom stereocenters. The standard InChI is InChI=1S/C28H34F4N6O3S/c1-17(2)38-24-19(14-33-26(35-24)34-20-6-8-27(9-7-20)15-37(3)16-27)12-21(25(38)39)18-4-5-23(22(29)13-18)36-42(40,41)11-10-28(30,31)32/h4-5,12-14,17,20,36H,6-11,15-16H2,1-3H3,(H,33,34,35). The van der Waals surface area contributed by atoms with Crippen LogP contribution in [0.3, 0.4) is 0 Å². The van der Waals surface area contributed by atoms with Crippen LogP contribution in [-0.2, 0) is 10.0 Å². The predicted molar refractivity (Wildman–Crippen MR) is 153 cm³/mol. The Morgan fingerprint density at radius 3 is 2.43 bits per heavy atom. The van der Waals surface area contributed by atoms with Gasteiger partial charge in [-0.1, -0.05) is 6.07 Å². The molecule has 2 aromatic heterocycles. The highest BCUT2D eigenvalue weighted by Gasteiger charge is 2.43. The molecule has 228 valence electrons. The van der Waals surface area contributed by atoms with Crippen molar-refractivity contribution in [1.82, 2.24) is 19.4 Å². The Labute approximate surface area is 241 Å². The van der Waals surface area contributed by atoms with Gasteiger partial charge in [-0.2, -0.15) is 18.2 Å². The Kier molecular flexibility index (Phi) is 7.98. The summed E-state index contributed by atoms with van der Waals surface area (Å²) < 4.78 is 79.7. The van der Waals surface area contributed by atoms with E-state index in [0.29, 0.717) is 22.4 Å². The number of sulfonamides is 1. The first-order valence-corrected chi connectivity index (χ1v) is 15.5. The van der Waals surface area contributed by atoms with Crippen molar-refractivity contribution in [1.29, 1.82) is 0 Å². The molecule has 0 bridgehead atoms. The quantitative estimate of drug-likeness (QED) is 0.339. The highest BCUT2D eigenvalue weighted by Crippen LogP contribution is 2.43. The first-order valence-electron chi connectivity index (χ1n) is 13.9. The Hall–Kier alpha value is -3.26. The molecule has 1 spiro atoms. The van der Waals surface area contributed by atoms with Gasteiger partial charge in [0, 0.05) is 42.3 Å². The van der Waals surface area contributed by atoms with E-state index < -0.39 is 45.4 Å². The van der Waals surface area contributed by atoms with E-state index in [4.69, 9.17) is 0 Å². The summed E-state index contributed by atoms with van der Waals surface area (Å²) >= 11 is 0. The van der Waals surface area contributed by atoms with Crippen molar-refractivity contribution >= 4 is 32.7 Å². The third-order valence-corrected chi connectivity index (χ3v) is 9.35. The fraction of sp³-hybridized carbons (Fsp3) is 0.536. The molecule has 1 aliphatic carbocycles. The second-order valence-corrected chi connectivity index (χ2v) is 13.7. The van der Waals surface area contributed by atoms with Gasteiger partial charge in [0.05, 0.1) is 17.9 Å². The number of anilines is 2. The van der Waals surface area contributed by atoms with Gasteiger partial charge in [0.2, 0.25) is 16.0 Å². The number of benzene rings is 1. The lowest BCUT2D eigenvalue weighted by Crippen LogP contribution is -2.56. The topological polar surface area (TPSA) is 109 Å². The molecule has 3 heterocycles. The minimum atomic E-state index is -4.67. The van der Waals surface area contributed by atoms with E-state index >= 15 is 0 Å². The zero-order valence-electron chi connectivity index (χ0n) is 23.6. The maximum absolute atomic E-state index is 14.9. The zero-order chi connectivity index (χ0) is 30.4. The summed E-state index contributed by atoms with van der Waals surface area (Å²) in [6.45, 7) is 5.93. The smallest absolute Gasteiger partial charge is 0.351 e. The van der Waals surface area contributed by atoms with Gasteiger partial charge in [-0.3, -0.25) is 14.1 Å². The monoisotopic (exact) mass is 610 g/mol. The highest BCUT2D eigenvalue weighted by atomic mass is 32.2. The third kappa shape index (κ3) is 6.54. The normalized spacial score (nSPS) is 18.0. The van der Waals surface area contributed by atoms with Crippen molar-refractivity contribution in [3.63, 3.8) is 0 Å². The number of alkyl halides is 3. The molecule has 9 nitrogen and oxygen atoms in total. The zero-order valence-corrected chi connectivity index (χ0v) is 24.4. The number of nitrogens with zero attached hydrogens (tertiary/aromatic N) is 4. The summed E-state index contributed by atoms with van der Waals surface area (Å²) in [6.07, 6.45) is -0.295. The summed E-state index contributed by atoms with van der Waals surface area (Å²) in [7, 11) is -2.31. The number of rotatable bonds is 8. The van der Waals surface area contributed by atoms with E-state index in [9.17, 15) is 30.8 Å². The maximum Gasteiger partial charge on any atom is 0.390 e. The lowest BCUT2D eigenvalue weighted by Gasteiger charge is -2.52. The molecule has 2 aliphatic rings. The fourth-order valence-electron chi connectivity index (χ4n) is 6.08. The SMILES string of the molecule is CC(C)n1c(=O)c(-c2ccc(NS(=O)(=O)CCC(F)(F)F)c(F)c2)cc2cnc(NC3CCC4(CC3)CN(C)C4)nc21. The maximum atomic E-state index is 14.9. The lowest BCUT2D eigenvalue weighted by atomic mass is 9.67. The molecule has 14 heteroatoms. The van der Waals surface area contributed by atoms with E-state index in [1.54, 1.807) is 12.3 Å². The molecule has 1 aromatic carbocycles. The van der Waals surface area contributed by atoms with E-state index in [2.05, 4.69) is 27.2 Å². The number of likely N-dealkylation sites (tertiary alicyclic amines) is 1. The number of fused-ring (bicyclic) bond motifs is 1. The number of aromatic nitrogens is 3. The Bertz CT molecular complexity index is 1640. The van der Waals surface area contributed by atoms with Crippen LogP contribution < -0.4 is 15.6 Å². The van der Waals surface area contributed by atoms with Crippen LogP contribution in [0.25, 0.3) is 22.2 Å². The summed E-state index contributed by atoms with van der Waals surface area (Å²) in [6, 6.07) is 4.90. The minimum absolute atomic E-state index is 0.147. The molecule has 3 aromatic rings. The molecule has 0 amide bonds. The van der Waals surface area contributed by atoms with E-state index in [0.717, 1.165) is 50.9 Å². The summed E-state index contributed by atoms with van der Waals surface area (Å²) in [5.41, 5.74) is 0.247. The van der Waals surface area contributed by atoms with Gasteiger partial charge in [0.1, 0.15) is 11.5 Å². The molecule has 1 aliphatic heterocycles. The third-order valence-electron chi connectivity index (χ3n) is 8.08. The van der Waals surface area contributed by atoms with Gasteiger partial charge in [0.15, 0.2) is 0 Å². The van der Waals surface area contributed by atoms with Gasteiger partial charge in [-0.25, -0.2) is 17.8 Å². The van der Waals surface area contributed by atoms with Crippen LogP contribution in [0.2, 0.25) is 0 Å². The second kappa shape index (κ2) is 11.1. The van der Waals surface area contributed by atoms with Crippen molar-refractivity contribution in [2.75, 3.05) is 35.9 Å². The highest BCUT2D eigenvalue weighted by molar-refractivity contribution is 7.92. The predicted octanol–water partition coefficient (Wildman–Crippen LogP) is 5.16. The second-order valence-electron chi connectivity index (χ2n) is 11.9.